The zero-order chi connectivity index (χ0) is 22.3. The summed E-state index contributed by atoms with van der Waals surface area (Å²) in [6, 6.07) is 22.1. The zero-order valence-corrected chi connectivity index (χ0v) is 18.7. The van der Waals surface area contributed by atoms with Gasteiger partial charge in [0.15, 0.2) is 0 Å². The Morgan fingerprint density at radius 3 is 2.26 bits per heavy atom. The molecule has 3 aromatic carbocycles. The quantitative estimate of drug-likeness (QED) is 0.514. The van der Waals surface area contributed by atoms with Gasteiger partial charge in [-0.3, -0.25) is 4.79 Å². The smallest absolute Gasteiger partial charge is 0.240 e. The fraction of sp³-hybridized carbons (Fsp3) is 0.240. The molecule has 0 radical (unpaired) electrons. The number of sulfonamides is 1. The lowest BCUT2D eigenvalue weighted by Crippen LogP contribution is -2.23. The average Bonchev–Trinajstić information content (AvgIpc) is 2.79. The standard InChI is InChI=1S/C25H28N2O3S/c1-3-22-11-7-8-19(2)25(22)27-24(28)17-14-20-12-15-23(16-13-20)31(29,30)26-18-21-9-5-4-6-10-21/h4-13,15-16,26H,3,14,17-18H2,1-2H3,(H,27,28). The molecule has 0 aromatic heterocycles. The molecule has 3 rings (SSSR count). The number of aryl methyl sites for hydroxylation is 3. The molecule has 0 aliphatic carbocycles. The SMILES string of the molecule is CCc1cccc(C)c1NC(=O)CCc1ccc(S(=O)(=O)NCc2ccccc2)cc1. The molecule has 0 saturated carbocycles. The summed E-state index contributed by atoms with van der Waals surface area (Å²) in [5.41, 5.74) is 4.86. The zero-order valence-electron chi connectivity index (χ0n) is 17.9. The number of rotatable bonds is 9. The molecule has 6 heteroatoms. The van der Waals surface area contributed by atoms with Crippen molar-refractivity contribution < 1.29 is 13.2 Å². The van der Waals surface area contributed by atoms with Gasteiger partial charge in [0.1, 0.15) is 0 Å². The Morgan fingerprint density at radius 1 is 0.871 bits per heavy atom. The molecular formula is C25H28N2O3S. The summed E-state index contributed by atoms with van der Waals surface area (Å²) in [5.74, 6) is -0.0507. The van der Waals surface area contributed by atoms with Crippen molar-refractivity contribution in [3.8, 4) is 0 Å². The van der Waals surface area contributed by atoms with Gasteiger partial charge in [-0.25, -0.2) is 13.1 Å². The topological polar surface area (TPSA) is 75.3 Å². The van der Waals surface area contributed by atoms with Crippen LogP contribution >= 0.6 is 0 Å². The largest absolute Gasteiger partial charge is 0.326 e. The van der Waals surface area contributed by atoms with Gasteiger partial charge in [-0.05, 0) is 54.2 Å². The molecule has 0 heterocycles. The number of carbonyl (C=O) groups excluding carboxylic acids is 1. The molecule has 0 aliphatic rings. The molecule has 2 N–H and O–H groups in total. The van der Waals surface area contributed by atoms with E-state index in [1.165, 1.54) is 0 Å². The third-order valence-corrected chi connectivity index (χ3v) is 6.61. The Balaban J connectivity index is 1.56. The highest BCUT2D eigenvalue weighted by Gasteiger charge is 2.14. The summed E-state index contributed by atoms with van der Waals surface area (Å²) < 4.78 is 27.6. The molecule has 162 valence electrons. The van der Waals surface area contributed by atoms with Crippen LogP contribution in [0.5, 0.6) is 0 Å². The van der Waals surface area contributed by atoms with Crippen molar-refractivity contribution in [2.45, 2.75) is 44.6 Å². The fourth-order valence-corrected chi connectivity index (χ4v) is 4.37. The molecule has 0 unspecified atom stereocenters. The van der Waals surface area contributed by atoms with E-state index in [1.54, 1.807) is 24.3 Å². The molecule has 0 spiro atoms. The van der Waals surface area contributed by atoms with Crippen LogP contribution in [0.2, 0.25) is 0 Å². The van der Waals surface area contributed by atoms with Crippen molar-refractivity contribution in [1.82, 2.24) is 4.72 Å². The number of hydrogen-bond acceptors (Lipinski definition) is 3. The van der Waals surface area contributed by atoms with E-state index in [-0.39, 0.29) is 17.3 Å². The van der Waals surface area contributed by atoms with Crippen molar-refractivity contribution in [3.05, 3.63) is 95.1 Å². The first-order valence-electron chi connectivity index (χ1n) is 10.4. The van der Waals surface area contributed by atoms with Gasteiger partial charge in [-0.1, -0.05) is 67.6 Å². The molecule has 5 nitrogen and oxygen atoms in total. The van der Waals surface area contributed by atoms with Crippen molar-refractivity contribution in [1.29, 1.82) is 0 Å². The molecule has 31 heavy (non-hydrogen) atoms. The highest BCUT2D eigenvalue weighted by Crippen LogP contribution is 2.21. The van der Waals surface area contributed by atoms with Crippen LogP contribution in [-0.4, -0.2) is 14.3 Å². The third kappa shape index (κ3) is 6.26. The van der Waals surface area contributed by atoms with Crippen molar-refractivity contribution in [2.75, 3.05) is 5.32 Å². The lowest BCUT2D eigenvalue weighted by molar-refractivity contribution is -0.116. The molecule has 0 saturated heterocycles. The number of carbonyl (C=O) groups is 1. The maximum atomic E-state index is 12.5. The molecule has 0 fully saturated rings. The van der Waals surface area contributed by atoms with Crippen molar-refractivity contribution >= 4 is 21.6 Å². The summed E-state index contributed by atoms with van der Waals surface area (Å²) in [6.45, 7) is 4.29. The second-order valence-electron chi connectivity index (χ2n) is 7.46. The van der Waals surface area contributed by atoms with Crippen LogP contribution < -0.4 is 10.0 Å². The minimum absolute atomic E-state index is 0.0507. The molecule has 1 amide bonds. The van der Waals surface area contributed by atoms with E-state index in [2.05, 4.69) is 17.0 Å². The van der Waals surface area contributed by atoms with Gasteiger partial charge in [0.05, 0.1) is 4.90 Å². The lowest BCUT2D eigenvalue weighted by Gasteiger charge is -2.13. The van der Waals surface area contributed by atoms with E-state index >= 15 is 0 Å². The van der Waals surface area contributed by atoms with Gasteiger partial charge in [0.25, 0.3) is 0 Å². The van der Waals surface area contributed by atoms with Crippen LogP contribution in [-0.2, 0) is 34.2 Å². The van der Waals surface area contributed by atoms with Crippen LogP contribution in [0.4, 0.5) is 5.69 Å². The minimum atomic E-state index is -3.59. The molecule has 0 aliphatic heterocycles. The van der Waals surface area contributed by atoms with Crippen molar-refractivity contribution in [3.63, 3.8) is 0 Å². The summed E-state index contributed by atoms with van der Waals surface area (Å²) in [6.07, 6.45) is 1.72. The predicted octanol–water partition coefficient (Wildman–Crippen LogP) is 4.61. The van der Waals surface area contributed by atoms with E-state index in [1.807, 2.05) is 55.5 Å². The Labute approximate surface area is 184 Å². The number of amides is 1. The summed E-state index contributed by atoms with van der Waals surface area (Å²) in [5, 5.41) is 3.02. The van der Waals surface area contributed by atoms with E-state index in [9.17, 15) is 13.2 Å². The average molecular weight is 437 g/mol. The van der Waals surface area contributed by atoms with E-state index in [4.69, 9.17) is 0 Å². The second-order valence-corrected chi connectivity index (χ2v) is 9.23. The van der Waals surface area contributed by atoms with Crippen LogP contribution in [0.25, 0.3) is 0 Å². The number of benzene rings is 3. The summed E-state index contributed by atoms with van der Waals surface area (Å²) in [4.78, 5) is 12.6. The second kappa shape index (κ2) is 10.4. The van der Waals surface area contributed by atoms with E-state index in [0.717, 1.165) is 34.4 Å². The first-order chi connectivity index (χ1) is 14.9. The highest BCUT2D eigenvalue weighted by atomic mass is 32.2. The summed E-state index contributed by atoms with van der Waals surface area (Å²) in [7, 11) is -3.59. The first kappa shape index (κ1) is 22.7. The Kier molecular flexibility index (Phi) is 7.60. The van der Waals surface area contributed by atoms with E-state index < -0.39 is 10.0 Å². The number of nitrogens with one attached hydrogen (secondary N) is 2. The van der Waals surface area contributed by atoms with E-state index in [0.29, 0.717) is 12.8 Å². The van der Waals surface area contributed by atoms with Gasteiger partial charge in [-0.15, -0.1) is 0 Å². The number of anilines is 1. The fourth-order valence-electron chi connectivity index (χ4n) is 3.35. The van der Waals surface area contributed by atoms with Crippen LogP contribution in [0.1, 0.15) is 35.6 Å². The first-order valence-corrected chi connectivity index (χ1v) is 11.9. The number of para-hydroxylation sites is 1. The molecule has 0 atom stereocenters. The maximum Gasteiger partial charge on any atom is 0.240 e. The summed E-state index contributed by atoms with van der Waals surface area (Å²) >= 11 is 0. The van der Waals surface area contributed by atoms with Gasteiger partial charge < -0.3 is 5.32 Å². The minimum Gasteiger partial charge on any atom is -0.326 e. The van der Waals surface area contributed by atoms with Gasteiger partial charge in [-0.2, -0.15) is 0 Å². The lowest BCUT2D eigenvalue weighted by atomic mass is 10.1. The molecular weight excluding hydrogens is 408 g/mol. The highest BCUT2D eigenvalue weighted by molar-refractivity contribution is 7.89. The Hall–Kier alpha value is -2.96. The monoisotopic (exact) mass is 436 g/mol. The predicted molar refractivity (Wildman–Crippen MR) is 124 cm³/mol. The van der Waals surface area contributed by atoms with Crippen LogP contribution in [0.15, 0.2) is 77.7 Å². The van der Waals surface area contributed by atoms with Crippen molar-refractivity contribution in [2.24, 2.45) is 0 Å². The van der Waals surface area contributed by atoms with Crippen LogP contribution in [0, 0.1) is 6.92 Å². The van der Waals surface area contributed by atoms with Crippen LogP contribution in [0.3, 0.4) is 0 Å². The maximum absolute atomic E-state index is 12.5. The number of hydrogen-bond donors (Lipinski definition) is 2. The molecule has 3 aromatic rings. The molecule has 0 bridgehead atoms. The Morgan fingerprint density at radius 2 is 1.58 bits per heavy atom. The van der Waals surface area contributed by atoms with Gasteiger partial charge in [0.2, 0.25) is 15.9 Å². The third-order valence-electron chi connectivity index (χ3n) is 5.19. The Bertz CT molecular complexity index is 1130. The van der Waals surface area contributed by atoms with Gasteiger partial charge >= 0.3 is 0 Å². The van der Waals surface area contributed by atoms with Gasteiger partial charge in [0, 0.05) is 18.7 Å². The normalized spacial score (nSPS) is 11.3.